The van der Waals surface area contributed by atoms with Crippen molar-refractivity contribution in [2.24, 2.45) is 0 Å². The van der Waals surface area contributed by atoms with Crippen LogP contribution in [0.3, 0.4) is 0 Å². The molecule has 2 aromatic heterocycles. The number of unbranched alkanes of at least 4 members (excludes halogenated alkanes) is 1. The summed E-state index contributed by atoms with van der Waals surface area (Å²) in [4.78, 5) is 35.4. The van der Waals surface area contributed by atoms with Crippen molar-refractivity contribution in [3.63, 3.8) is 0 Å². The SMILES string of the molecule is CCCN(CCC)CCCCN1Cc2ccc(CN(Cc3ncc[nH]3)C(C)c3ncc[nH]3)cc2C1=O. The Morgan fingerprint density at radius 1 is 1.00 bits per heavy atom. The standard InChI is InChI=1S/C28H41N7O/c1-4-14-33(15-5-2)16-6-7-17-34-20-24-9-8-23(18-25(24)28(34)36)19-35(21-26-29-10-11-30-26)22(3)27-31-12-13-32-27/h8-13,18,22H,4-7,14-17,19-21H2,1-3H3,(H,29,30)(H,31,32). The first-order chi connectivity index (χ1) is 17.6. The van der Waals surface area contributed by atoms with Gasteiger partial charge >= 0.3 is 0 Å². The van der Waals surface area contributed by atoms with Gasteiger partial charge in [0.05, 0.1) is 12.6 Å². The molecule has 1 unspecified atom stereocenters. The van der Waals surface area contributed by atoms with E-state index in [9.17, 15) is 4.79 Å². The number of hydrogen-bond donors (Lipinski definition) is 2. The zero-order valence-electron chi connectivity index (χ0n) is 22.0. The Balaban J connectivity index is 1.37. The fourth-order valence-electron chi connectivity index (χ4n) is 5.11. The molecule has 0 spiro atoms. The second-order valence-corrected chi connectivity index (χ2v) is 9.86. The summed E-state index contributed by atoms with van der Waals surface area (Å²) < 4.78 is 0. The van der Waals surface area contributed by atoms with Crippen molar-refractivity contribution in [2.45, 2.75) is 72.1 Å². The topological polar surface area (TPSA) is 84.2 Å². The van der Waals surface area contributed by atoms with Gasteiger partial charge in [0.2, 0.25) is 0 Å². The van der Waals surface area contributed by atoms with Crippen LogP contribution in [0.15, 0.2) is 43.0 Å². The van der Waals surface area contributed by atoms with Crippen molar-refractivity contribution in [1.29, 1.82) is 0 Å². The van der Waals surface area contributed by atoms with Crippen LogP contribution in [0.2, 0.25) is 0 Å². The first-order valence-corrected chi connectivity index (χ1v) is 13.4. The molecule has 4 rings (SSSR count). The molecule has 8 nitrogen and oxygen atoms in total. The molecule has 3 heterocycles. The molecule has 36 heavy (non-hydrogen) atoms. The van der Waals surface area contributed by atoms with Crippen LogP contribution in [0.5, 0.6) is 0 Å². The summed E-state index contributed by atoms with van der Waals surface area (Å²) in [5.74, 6) is 2.00. The molecule has 0 saturated heterocycles. The minimum atomic E-state index is 0.0746. The van der Waals surface area contributed by atoms with Crippen LogP contribution in [0.4, 0.5) is 0 Å². The lowest BCUT2D eigenvalue weighted by Crippen LogP contribution is -2.29. The number of H-pyrrole nitrogens is 2. The molecule has 8 heteroatoms. The fourth-order valence-corrected chi connectivity index (χ4v) is 5.11. The van der Waals surface area contributed by atoms with E-state index in [0.717, 1.165) is 60.8 Å². The maximum absolute atomic E-state index is 13.2. The van der Waals surface area contributed by atoms with Crippen molar-refractivity contribution in [3.05, 3.63) is 71.3 Å². The first-order valence-electron chi connectivity index (χ1n) is 13.4. The van der Waals surface area contributed by atoms with Gasteiger partial charge in [0.25, 0.3) is 5.91 Å². The number of aromatic amines is 2. The lowest BCUT2D eigenvalue weighted by molar-refractivity contribution is 0.0774. The molecular weight excluding hydrogens is 450 g/mol. The van der Waals surface area contributed by atoms with Crippen LogP contribution in [-0.4, -0.2) is 66.7 Å². The molecule has 1 aliphatic rings. The van der Waals surface area contributed by atoms with Crippen LogP contribution in [-0.2, 0) is 19.6 Å². The van der Waals surface area contributed by atoms with Gasteiger partial charge in [0.15, 0.2) is 0 Å². The molecule has 3 aromatic rings. The van der Waals surface area contributed by atoms with Crippen molar-refractivity contribution in [3.8, 4) is 0 Å². The van der Waals surface area contributed by atoms with Gasteiger partial charge in [0, 0.05) is 50.0 Å². The van der Waals surface area contributed by atoms with E-state index in [1.54, 1.807) is 12.4 Å². The van der Waals surface area contributed by atoms with E-state index in [1.165, 1.54) is 25.9 Å². The largest absolute Gasteiger partial charge is 0.348 e. The van der Waals surface area contributed by atoms with Crippen molar-refractivity contribution in [2.75, 3.05) is 26.2 Å². The van der Waals surface area contributed by atoms with E-state index in [1.807, 2.05) is 17.3 Å². The average molecular weight is 492 g/mol. The van der Waals surface area contributed by atoms with E-state index in [0.29, 0.717) is 13.1 Å². The summed E-state index contributed by atoms with van der Waals surface area (Å²) >= 11 is 0. The van der Waals surface area contributed by atoms with Crippen LogP contribution in [0.1, 0.15) is 85.6 Å². The maximum Gasteiger partial charge on any atom is 0.254 e. The highest BCUT2D eigenvalue weighted by molar-refractivity contribution is 5.98. The monoisotopic (exact) mass is 491 g/mol. The Labute approximate surface area is 215 Å². The van der Waals surface area contributed by atoms with Crippen LogP contribution in [0.25, 0.3) is 0 Å². The molecule has 0 bridgehead atoms. The van der Waals surface area contributed by atoms with Gasteiger partial charge in [-0.05, 0) is 69.4 Å². The van der Waals surface area contributed by atoms with Gasteiger partial charge in [-0.15, -0.1) is 0 Å². The summed E-state index contributed by atoms with van der Waals surface area (Å²) in [5, 5.41) is 0. The highest BCUT2D eigenvalue weighted by Crippen LogP contribution is 2.27. The molecule has 0 radical (unpaired) electrons. The summed E-state index contributed by atoms with van der Waals surface area (Å²) in [7, 11) is 0. The Morgan fingerprint density at radius 2 is 1.78 bits per heavy atom. The minimum Gasteiger partial charge on any atom is -0.348 e. The highest BCUT2D eigenvalue weighted by atomic mass is 16.2. The maximum atomic E-state index is 13.2. The molecule has 1 atom stereocenters. The van der Waals surface area contributed by atoms with Gasteiger partial charge < -0.3 is 19.8 Å². The Kier molecular flexibility index (Phi) is 9.30. The zero-order chi connectivity index (χ0) is 25.3. The minimum absolute atomic E-state index is 0.0746. The lowest BCUT2D eigenvalue weighted by atomic mass is 10.1. The molecule has 0 aliphatic carbocycles. The van der Waals surface area contributed by atoms with E-state index < -0.39 is 0 Å². The number of hydrogen-bond acceptors (Lipinski definition) is 5. The van der Waals surface area contributed by atoms with Crippen molar-refractivity contribution >= 4 is 5.91 Å². The van der Waals surface area contributed by atoms with Gasteiger partial charge in [-0.2, -0.15) is 0 Å². The number of nitrogens with one attached hydrogen (secondary N) is 2. The Hall–Kier alpha value is -2.97. The summed E-state index contributed by atoms with van der Waals surface area (Å²) in [6.07, 6.45) is 11.8. The molecule has 194 valence electrons. The van der Waals surface area contributed by atoms with Crippen LogP contribution in [0, 0.1) is 0 Å². The van der Waals surface area contributed by atoms with Crippen LogP contribution >= 0.6 is 0 Å². The van der Waals surface area contributed by atoms with E-state index in [-0.39, 0.29) is 11.9 Å². The van der Waals surface area contributed by atoms with Gasteiger partial charge in [0.1, 0.15) is 11.6 Å². The number of imidazole rings is 2. The van der Waals surface area contributed by atoms with E-state index in [2.05, 4.69) is 68.7 Å². The van der Waals surface area contributed by atoms with Gasteiger partial charge in [-0.1, -0.05) is 26.0 Å². The summed E-state index contributed by atoms with van der Waals surface area (Å²) in [6.45, 7) is 13.0. The third-order valence-corrected chi connectivity index (χ3v) is 7.04. The molecule has 1 amide bonds. The van der Waals surface area contributed by atoms with Gasteiger partial charge in [-0.25, -0.2) is 9.97 Å². The quantitative estimate of drug-likeness (QED) is 0.300. The van der Waals surface area contributed by atoms with E-state index in [4.69, 9.17) is 0 Å². The van der Waals surface area contributed by atoms with Crippen molar-refractivity contribution < 1.29 is 4.79 Å². The molecule has 2 N–H and O–H groups in total. The number of aromatic nitrogens is 4. The normalized spacial score (nSPS) is 14.2. The number of rotatable bonds is 15. The number of nitrogens with zero attached hydrogens (tertiary/aromatic N) is 5. The molecule has 1 aliphatic heterocycles. The number of amides is 1. The highest BCUT2D eigenvalue weighted by Gasteiger charge is 2.28. The predicted molar refractivity (Wildman–Crippen MR) is 142 cm³/mol. The Bertz CT molecular complexity index is 1060. The second-order valence-electron chi connectivity index (χ2n) is 9.86. The molecule has 0 saturated carbocycles. The summed E-state index contributed by atoms with van der Waals surface area (Å²) in [5.41, 5.74) is 3.12. The van der Waals surface area contributed by atoms with Crippen LogP contribution < -0.4 is 0 Å². The summed E-state index contributed by atoms with van der Waals surface area (Å²) in [6, 6.07) is 6.46. The number of carbonyl (C=O) groups excluding carboxylic acids is 1. The number of benzene rings is 1. The fraction of sp³-hybridized carbons (Fsp3) is 0.536. The first kappa shape index (κ1) is 26.1. The predicted octanol–water partition coefficient (Wildman–Crippen LogP) is 4.75. The van der Waals surface area contributed by atoms with Crippen molar-refractivity contribution in [1.82, 2.24) is 34.6 Å². The molecule has 0 fully saturated rings. The van der Waals surface area contributed by atoms with E-state index >= 15 is 0 Å². The smallest absolute Gasteiger partial charge is 0.254 e. The number of fused-ring (bicyclic) bond motifs is 1. The third kappa shape index (κ3) is 6.62. The third-order valence-electron chi connectivity index (χ3n) is 7.04. The lowest BCUT2D eigenvalue weighted by Gasteiger charge is -2.27. The molecular formula is C28H41N7O. The zero-order valence-corrected chi connectivity index (χ0v) is 22.0. The number of carbonyl (C=O) groups is 1. The second kappa shape index (κ2) is 12.8. The molecule has 1 aromatic carbocycles. The average Bonchev–Trinajstić information content (AvgIpc) is 3.64. The van der Waals surface area contributed by atoms with Gasteiger partial charge in [-0.3, -0.25) is 9.69 Å². The Morgan fingerprint density at radius 3 is 2.47 bits per heavy atom.